The fourth-order valence-corrected chi connectivity index (χ4v) is 3.38. The van der Waals surface area contributed by atoms with E-state index in [0.29, 0.717) is 50.7 Å². The maximum Gasteiger partial charge on any atom is 0.243 e. The van der Waals surface area contributed by atoms with Gasteiger partial charge in [0.25, 0.3) is 0 Å². The topological polar surface area (TPSA) is 75.9 Å². The number of nitrogens with zero attached hydrogens (tertiary/aromatic N) is 2. The van der Waals surface area contributed by atoms with Crippen molar-refractivity contribution < 1.29 is 14.3 Å². The van der Waals surface area contributed by atoms with E-state index in [1.54, 1.807) is 15.9 Å². The van der Waals surface area contributed by atoms with Crippen LogP contribution < -0.4 is 5.73 Å². The van der Waals surface area contributed by atoms with Crippen LogP contribution in [0.15, 0.2) is 24.3 Å². The summed E-state index contributed by atoms with van der Waals surface area (Å²) in [5.74, 6) is -0.202. The summed E-state index contributed by atoms with van der Waals surface area (Å²) in [6, 6.07) is 7.46. The molecule has 2 fully saturated rings. The van der Waals surface area contributed by atoms with Crippen LogP contribution in [-0.4, -0.2) is 60.0 Å². The van der Waals surface area contributed by atoms with E-state index in [1.807, 2.05) is 18.2 Å². The molecule has 25 heavy (non-hydrogen) atoms. The molecular formula is C17H23Cl2N3O3. The number of nitrogens with two attached hydrogens (primary N) is 1. The van der Waals surface area contributed by atoms with Crippen molar-refractivity contribution in [1.82, 2.24) is 9.80 Å². The van der Waals surface area contributed by atoms with E-state index >= 15 is 0 Å². The third-order valence-corrected chi connectivity index (χ3v) is 4.91. The van der Waals surface area contributed by atoms with Gasteiger partial charge in [-0.1, -0.05) is 23.7 Å². The number of hydrogen-bond acceptors (Lipinski definition) is 4. The SMILES string of the molecule is Cl.NC1(C(=O)N2CCN(Cc3cccc(Cl)c3)C(=O)C2)CCOCC1. The summed E-state index contributed by atoms with van der Waals surface area (Å²) in [6.07, 6.45) is 1.01. The molecule has 2 amide bonds. The van der Waals surface area contributed by atoms with Gasteiger partial charge < -0.3 is 20.3 Å². The van der Waals surface area contributed by atoms with E-state index in [4.69, 9.17) is 22.1 Å². The molecule has 2 aliphatic rings. The minimum atomic E-state index is -0.895. The lowest BCUT2D eigenvalue weighted by atomic mass is 9.89. The molecule has 0 aliphatic carbocycles. The summed E-state index contributed by atoms with van der Waals surface area (Å²) < 4.78 is 5.28. The lowest BCUT2D eigenvalue weighted by molar-refractivity contribution is -0.150. The molecule has 2 saturated heterocycles. The average molecular weight is 388 g/mol. The summed E-state index contributed by atoms with van der Waals surface area (Å²) in [4.78, 5) is 28.4. The van der Waals surface area contributed by atoms with Crippen molar-refractivity contribution in [3.05, 3.63) is 34.9 Å². The first kappa shape index (κ1) is 20.0. The van der Waals surface area contributed by atoms with E-state index < -0.39 is 5.54 Å². The Bertz CT molecular complexity index is 635. The number of amides is 2. The van der Waals surface area contributed by atoms with Gasteiger partial charge in [0, 0.05) is 37.9 Å². The highest BCUT2D eigenvalue weighted by molar-refractivity contribution is 6.30. The zero-order valence-electron chi connectivity index (χ0n) is 13.9. The van der Waals surface area contributed by atoms with E-state index in [2.05, 4.69) is 0 Å². The van der Waals surface area contributed by atoms with Crippen molar-refractivity contribution in [2.45, 2.75) is 24.9 Å². The van der Waals surface area contributed by atoms with Crippen molar-refractivity contribution in [2.24, 2.45) is 5.73 Å². The molecule has 6 nitrogen and oxygen atoms in total. The first-order chi connectivity index (χ1) is 11.5. The number of rotatable bonds is 3. The van der Waals surface area contributed by atoms with Crippen molar-refractivity contribution in [3.63, 3.8) is 0 Å². The lowest BCUT2D eigenvalue weighted by Gasteiger charge is -2.40. The largest absolute Gasteiger partial charge is 0.381 e. The van der Waals surface area contributed by atoms with Gasteiger partial charge in [-0.05, 0) is 30.5 Å². The predicted octanol–water partition coefficient (Wildman–Crippen LogP) is 1.44. The summed E-state index contributed by atoms with van der Waals surface area (Å²) in [7, 11) is 0. The van der Waals surface area contributed by atoms with Crippen LogP contribution in [0.25, 0.3) is 0 Å². The van der Waals surface area contributed by atoms with Crippen molar-refractivity contribution in [1.29, 1.82) is 0 Å². The van der Waals surface area contributed by atoms with Crippen LogP contribution in [0.2, 0.25) is 5.02 Å². The van der Waals surface area contributed by atoms with Crippen LogP contribution in [0.4, 0.5) is 0 Å². The summed E-state index contributed by atoms with van der Waals surface area (Å²) in [6.45, 7) is 2.58. The highest BCUT2D eigenvalue weighted by Gasteiger charge is 2.41. The summed E-state index contributed by atoms with van der Waals surface area (Å²) in [5.41, 5.74) is 6.33. The molecule has 0 saturated carbocycles. The third kappa shape index (κ3) is 4.64. The monoisotopic (exact) mass is 387 g/mol. The van der Waals surface area contributed by atoms with Gasteiger partial charge >= 0.3 is 0 Å². The third-order valence-electron chi connectivity index (χ3n) is 4.68. The summed E-state index contributed by atoms with van der Waals surface area (Å²) in [5, 5.41) is 0.651. The molecule has 1 aromatic rings. The number of ether oxygens (including phenoxy) is 1. The molecule has 2 aliphatic heterocycles. The Hall–Kier alpha value is -1.34. The first-order valence-electron chi connectivity index (χ1n) is 8.16. The molecule has 0 radical (unpaired) electrons. The number of halogens is 2. The molecule has 3 rings (SSSR count). The number of carbonyl (C=O) groups excluding carboxylic acids is 2. The fraction of sp³-hybridized carbons (Fsp3) is 0.529. The molecule has 0 atom stereocenters. The molecule has 138 valence electrons. The van der Waals surface area contributed by atoms with Gasteiger partial charge in [0.15, 0.2) is 0 Å². The average Bonchev–Trinajstić information content (AvgIpc) is 2.57. The van der Waals surface area contributed by atoms with Crippen molar-refractivity contribution in [3.8, 4) is 0 Å². The van der Waals surface area contributed by atoms with Gasteiger partial charge in [-0.15, -0.1) is 12.4 Å². The van der Waals surface area contributed by atoms with Crippen LogP contribution in [0, 0.1) is 0 Å². The molecule has 8 heteroatoms. The molecular weight excluding hydrogens is 365 g/mol. The quantitative estimate of drug-likeness (QED) is 0.851. The molecule has 2 heterocycles. The van der Waals surface area contributed by atoms with E-state index in [1.165, 1.54) is 0 Å². The molecule has 2 N–H and O–H groups in total. The second kappa shape index (κ2) is 8.36. The van der Waals surface area contributed by atoms with Crippen LogP contribution in [-0.2, 0) is 20.9 Å². The maximum atomic E-state index is 12.7. The van der Waals surface area contributed by atoms with Gasteiger partial charge in [0.05, 0.1) is 12.1 Å². The normalized spacial score (nSPS) is 20.2. The molecule has 1 aromatic carbocycles. The number of piperazine rings is 1. The van der Waals surface area contributed by atoms with E-state index in [-0.39, 0.29) is 30.8 Å². The first-order valence-corrected chi connectivity index (χ1v) is 8.54. The zero-order chi connectivity index (χ0) is 17.2. The van der Waals surface area contributed by atoms with Gasteiger partial charge in [-0.25, -0.2) is 0 Å². The van der Waals surface area contributed by atoms with Crippen LogP contribution in [0.1, 0.15) is 18.4 Å². The van der Waals surface area contributed by atoms with Gasteiger partial charge in [0.2, 0.25) is 11.8 Å². The van der Waals surface area contributed by atoms with Crippen LogP contribution >= 0.6 is 24.0 Å². The molecule has 0 aromatic heterocycles. The Morgan fingerprint density at radius 3 is 2.64 bits per heavy atom. The number of benzene rings is 1. The van der Waals surface area contributed by atoms with Gasteiger partial charge in [0.1, 0.15) is 0 Å². The van der Waals surface area contributed by atoms with E-state index in [0.717, 1.165) is 5.56 Å². The maximum absolute atomic E-state index is 12.7. The van der Waals surface area contributed by atoms with Crippen LogP contribution in [0.3, 0.4) is 0 Å². The second-order valence-corrected chi connectivity index (χ2v) is 6.88. The van der Waals surface area contributed by atoms with E-state index in [9.17, 15) is 9.59 Å². The second-order valence-electron chi connectivity index (χ2n) is 6.44. The Kier molecular flexibility index (Phi) is 6.68. The molecule has 0 spiro atoms. The smallest absolute Gasteiger partial charge is 0.243 e. The predicted molar refractivity (Wildman–Crippen MR) is 97.7 cm³/mol. The summed E-state index contributed by atoms with van der Waals surface area (Å²) >= 11 is 5.98. The van der Waals surface area contributed by atoms with Crippen LogP contribution in [0.5, 0.6) is 0 Å². The number of carbonyl (C=O) groups is 2. The van der Waals surface area contributed by atoms with Gasteiger partial charge in [-0.2, -0.15) is 0 Å². The molecule has 0 bridgehead atoms. The fourth-order valence-electron chi connectivity index (χ4n) is 3.17. The molecule has 0 unspecified atom stereocenters. The standard InChI is InChI=1S/C17H22ClN3O3.ClH/c18-14-3-1-2-13(10-14)11-20-6-7-21(12-15(20)22)16(23)17(19)4-8-24-9-5-17;/h1-3,10H,4-9,11-12,19H2;1H. The highest BCUT2D eigenvalue weighted by Crippen LogP contribution is 2.22. The van der Waals surface area contributed by atoms with Gasteiger partial charge in [-0.3, -0.25) is 9.59 Å². The Labute approximate surface area is 158 Å². The minimum Gasteiger partial charge on any atom is -0.381 e. The van der Waals surface area contributed by atoms with Crippen molar-refractivity contribution in [2.75, 3.05) is 32.8 Å². The Morgan fingerprint density at radius 1 is 1.28 bits per heavy atom. The number of hydrogen-bond donors (Lipinski definition) is 1. The Morgan fingerprint density at radius 2 is 2.00 bits per heavy atom. The lowest BCUT2D eigenvalue weighted by Crippen LogP contribution is -2.62. The van der Waals surface area contributed by atoms with Crippen molar-refractivity contribution >= 4 is 35.8 Å². The zero-order valence-corrected chi connectivity index (χ0v) is 15.5. The minimum absolute atomic E-state index is 0. The Balaban J connectivity index is 0.00000225. The highest BCUT2D eigenvalue weighted by atomic mass is 35.5.